The Morgan fingerprint density at radius 1 is 1.11 bits per heavy atom. The quantitative estimate of drug-likeness (QED) is 0.226. The van der Waals surface area contributed by atoms with Crippen molar-refractivity contribution in [3.63, 3.8) is 0 Å². The molecule has 11 nitrogen and oxygen atoms in total. The zero-order valence-corrected chi connectivity index (χ0v) is 26.8. The molecular formula is C31H36F3N7O4S. The molecule has 1 saturated heterocycles. The number of benzene rings is 1. The van der Waals surface area contributed by atoms with E-state index in [1.807, 2.05) is 0 Å². The van der Waals surface area contributed by atoms with Crippen molar-refractivity contribution < 1.29 is 27.6 Å². The van der Waals surface area contributed by atoms with Crippen molar-refractivity contribution >= 4 is 51.9 Å². The normalized spacial score (nSPS) is 13.2. The average Bonchev–Trinajstić information content (AvgIpc) is 3.61. The Morgan fingerprint density at radius 3 is 2.41 bits per heavy atom. The molecule has 1 aromatic carbocycles. The van der Waals surface area contributed by atoms with E-state index in [2.05, 4.69) is 32.3 Å². The third-order valence-corrected chi connectivity index (χ3v) is 7.78. The fourth-order valence-electron chi connectivity index (χ4n) is 4.25. The lowest BCUT2D eigenvalue weighted by atomic mass is 9.95. The van der Waals surface area contributed by atoms with Gasteiger partial charge in [-0.3, -0.25) is 23.7 Å². The fourth-order valence-corrected chi connectivity index (χ4v) is 5.24. The number of aromatic nitrogens is 1. The van der Waals surface area contributed by atoms with Gasteiger partial charge in [-0.15, -0.1) is 0 Å². The minimum Gasteiger partial charge on any atom is -0.355 e. The Kier molecular flexibility index (Phi) is 12.2. The van der Waals surface area contributed by atoms with E-state index >= 15 is 0 Å². The molecule has 15 heteroatoms. The van der Waals surface area contributed by atoms with Gasteiger partial charge in [0.05, 0.1) is 11.3 Å². The first-order valence-corrected chi connectivity index (χ1v) is 15.4. The van der Waals surface area contributed by atoms with Crippen molar-refractivity contribution in [2.45, 2.75) is 53.3 Å². The Labute approximate surface area is 267 Å². The van der Waals surface area contributed by atoms with Crippen LogP contribution in [0.5, 0.6) is 0 Å². The van der Waals surface area contributed by atoms with Gasteiger partial charge >= 0.3 is 6.18 Å². The summed E-state index contributed by atoms with van der Waals surface area (Å²) in [6.45, 7) is 8.59. The van der Waals surface area contributed by atoms with E-state index in [0.29, 0.717) is 12.2 Å². The summed E-state index contributed by atoms with van der Waals surface area (Å²) < 4.78 is 38.7. The minimum atomic E-state index is -4.66. The number of hydrogen-bond acceptors (Lipinski definition) is 8. The molecule has 2 aromatic rings. The van der Waals surface area contributed by atoms with Gasteiger partial charge in [-0.1, -0.05) is 43.6 Å². The molecule has 1 aliphatic heterocycles. The first kappa shape index (κ1) is 35.9. The van der Waals surface area contributed by atoms with Crippen molar-refractivity contribution in [1.82, 2.24) is 20.1 Å². The zero-order valence-electron chi connectivity index (χ0n) is 26.0. The van der Waals surface area contributed by atoms with Crippen LogP contribution in [0.3, 0.4) is 0 Å². The Morgan fingerprint density at radius 2 is 1.80 bits per heavy atom. The second kappa shape index (κ2) is 15.6. The number of halogens is 3. The lowest BCUT2D eigenvalue weighted by Crippen LogP contribution is -2.34. The van der Waals surface area contributed by atoms with E-state index in [9.17, 15) is 37.6 Å². The van der Waals surface area contributed by atoms with Crippen LogP contribution in [0.25, 0.3) is 11.5 Å². The number of hydrogen-bond donors (Lipinski definition) is 4. The molecule has 0 atom stereocenters. The van der Waals surface area contributed by atoms with Crippen LogP contribution in [-0.2, 0) is 16.1 Å². The molecular weight excluding hydrogens is 623 g/mol. The fraction of sp³-hybridized carbons (Fsp3) is 0.452. The summed E-state index contributed by atoms with van der Waals surface area (Å²) in [4.78, 5) is 53.1. The number of amides is 3. The summed E-state index contributed by atoms with van der Waals surface area (Å²) in [5.74, 6) is -1.90. The molecule has 0 aliphatic carbocycles. The van der Waals surface area contributed by atoms with Crippen molar-refractivity contribution in [3.05, 3.63) is 55.1 Å². The summed E-state index contributed by atoms with van der Waals surface area (Å²) in [6, 6.07) is 6.29. The third kappa shape index (κ3) is 10.2. The Balaban J connectivity index is 1.92. The van der Waals surface area contributed by atoms with Gasteiger partial charge in [-0.25, -0.2) is 0 Å². The van der Waals surface area contributed by atoms with Gasteiger partial charge in [0.25, 0.3) is 17.4 Å². The molecule has 246 valence electrons. The number of nitriles is 1. The van der Waals surface area contributed by atoms with Crippen LogP contribution in [0, 0.1) is 16.7 Å². The van der Waals surface area contributed by atoms with Gasteiger partial charge in [0.1, 0.15) is 21.8 Å². The van der Waals surface area contributed by atoms with Gasteiger partial charge in [0.15, 0.2) is 5.57 Å². The van der Waals surface area contributed by atoms with Gasteiger partial charge < -0.3 is 26.2 Å². The Hall–Kier alpha value is -4.60. The molecule has 1 fully saturated rings. The van der Waals surface area contributed by atoms with Gasteiger partial charge in [0, 0.05) is 36.9 Å². The van der Waals surface area contributed by atoms with Crippen LogP contribution < -0.4 is 36.0 Å². The molecule has 0 bridgehead atoms. The van der Waals surface area contributed by atoms with E-state index in [4.69, 9.17) is 0 Å². The largest absolute Gasteiger partial charge is 0.405 e. The Bertz CT molecular complexity index is 1760. The highest BCUT2D eigenvalue weighted by Gasteiger charge is 2.28. The zero-order chi connectivity index (χ0) is 34.1. The second-order valence-corrected chi connectivity index (χ2v) is 12.4. The summed E-state index contributed by atoms with van der Waals surface area (Å²) in [7, 11) is 0. The molecule has 3 amide bonds. The van der Waals surface area contributed by atoms with Crippen LogP contribution in [0.15, 0.2) is 34.8 Å². The van der Waals surface area contributed by atoms with Crippen molar-refractivity contribution in [3.8, 4) is 6.07 Å². The lowest BCUT2D eigenvalue weighted by Gasteiger charge is -2.20. The first-order valence-electron chi connectivity index (χ1n) is 14.6. The number of nitrogens with zero attached hydrogens (tertiary/aromatic N) is 3. The highest BCUT2D eigenvalue weighted by Crippen LogP contribution is 2.24. The minimum absolute atomic E-state index is 0.0504. The van der Waals surface area contributed by atoms with E-state index in [1.165, 1.54) is 16.8 Å². The second-order valence-electron chi connectivity index (χ2n) is 11.4. The summed E-state index contributed by atoms with van der Waals surface area (Å²) >= 11 is 0.837. The molecule has 1 aromatic heterocycles. The maximum absolute atomic E-state index is 13.0. The molecule has 0 spiro atoms. The monoisotopic (exact) mass is 659 g/mol. The lowest BCUT2D eigenvalue weighted by molar-refractivity contribution is -0.136. The number of alkyl halides is 3. The van der Waals surface area contributed by atoms with E-state index in [1.54, 1.807) is 51.2 Å². The summed E-state index contributed by atoms with van der Waals surface area (Å²) in [5.41, 5.74) is 4.31. The highest BCUT2D eigenvalue weighted by atomic mass is 32.1. The molecule has 1 aliphatic rings. The van der Waals surface area contributed by atoms with E-state index < -0.39 is 35.2 Å². The standard InChI is InChI=1S/C31H36F3N7O4S/c1-5-41-25(16-20(18-35)26(42)38-19-31(32,33)34)46-24(28(41)44)10-11-36-21-8-9-22(23(17-21)39-29(45)30(2,3)4)27(43)37-12-15-40-13-6-7-14-40/h8-9,11,17,36H,5-7,12-15,19H2,1-4H3,(H,37,43)(H,38,42)(H,39,45). The summed E-state index contributed by atoms with van der Waals surface area (Å²) in [6.07, 6.45) is -1.04. The number of nitrogens with one attached hydrogen (secondary N) is 4. The topological polar surface area (TPSA) is 148 Å². The van der Waals surface area contributed by atoms with Crippen molar-refractivity contribution in [2.24, 2.45) is 5.41 Å². The van der Waals surface area contributed by atoms with Crippen LogP contribution in [0.1, 0.15) is 50.9 Å². The molecule has 2 heterocycles. The molecule has 0 radical (unpaired) electrons. The summed E-state index contributed by atoms with van der Waals surface area (Å²) in [5, 5.41) is 19.6. The van der Waals surface area contributed by atoms with E-state index in [0.717, 1.165) is 43.8 Å². The molecule has 3 rings (SSSR count). The number of rotatable bonds is 10. The first-order chi connectivity index (χ1) is 21.6. The number of carbonyl (C=O) groups excluding carboxylic acids is 3. The molecule has 4 N–H and O–H groups in total. The van der Waals surface area contributed by atoms with Gasteiger partial charge in [-0.05, 0) is 51.1 Å². The van der Waals surface area contributed by atoms with Crippen LogP contribution >= 0.6 is 11.3 Å². The van der Waals surface area contributed by atoms with Crippen molar-refractivity contribution in [1.29, 1.82) is 5.26 Å². The predicted octanol–water partition coefficient (Wildman–Crippen LogP) is 2.25. The number of carbonyl (C=O) groups is 3. The van der Waals surface area contributed by atoms with Crippen LogP contribution in [0.4, 0.5) is 24.5 Å². The van der Waals surface area contributed by atoms with Gasteiger partial charge in [-0.2, -0.15) is 18.4 Å². The van der Waals surface area contributed by atoms with E-state index in [-0.39, 0.29) is 38.8 Å². The maximum Gasteiger partial charge on any atom is 0.405 e. The van der Waals surface area contributed by atoms with Crippen LogP contribution in [-0.4, -0.2) is 66.1 Å². The number of anilines is 2. The molecule has 46 heavy (non-hydrogen) atoms. The van der Waals surface area contributed by atoms with Gasteiger partial charge in [0.2, 0.25) is 5.91 Å². The number of thiazole rings is 1. The van der Waals surface area contributed by atoms with Crippen molar-refractivity contribution in [2.75, 3.05) is 43.4 Å². The third-order valence-electron chi connectivity index (χ3n) is 6.77. The number of likely N-dealkylation sites (tertiary alicyclic amines) is 1. The van der Waals surface area contributed by atoms with Crippen LogP contribution in [0.2, 0.25) is 0 Å². The maximum atomic E-state index is 13.0. The molecule has 0 unspecified atom stereocenters. The SMILES string of the molecule is CCn1c(=C=C(C#N)C(=O)NCC(F)(F)F)sc(=C=CNc2ccc(C(=O)NCCN3CCCC3)c(NC(=O)C(C)(C)C)c2)c1=O. The highest BCUT2D eigenvalue weighted by molar-refractivity contribution is 7.07. The average molecular weight is 660 g/mol. The predicted molar refractivity (Wildman–Crippen MR) is 169 cm³/mol. The molecule has 0 saturated carbocycles. The smallest absolute Gasteiger partial charge is 0.355 e.